The fourth-order valence-electron chi connectivity index (χ4n) is 2.62. The Morgan fingerprint density at radius 1 is 1.48 bits per heavy atom. The molecule has 122 valence electrons. The number of aliphatic hydroxyl groups is 2. The highest BCUT2D eigenvalue weighted by Gasteiger charge is 2.34. The summed E-state index contributed by atoms with van der Waals surface area (Å²) in [6.07, 6.45) is -0.340. The van der Waals surface area contributed by atoms with E-state index in [1.165, 1.54) is 17.0 Å². The molecule has 1 aromatic carbocycles. The van der Waals surface area contributed by atoms with Crippen molar-refractivity contribution in [3.63, 3.8) is 0 Å². The van der Waals surface area contributed by atoms with Gasteiger partial charge in [0.15, 0.2) is 11.6 Å². The van der Waals surface area contributed by atoms with Gasteiger partial charge in [0.25, 0.3) is 0 Å². The van der Waals surface area contributed by atoms with E-state index >= 15 is 0 Å². The minimum atomic E-state index is -0.663. The molecule has 1 saturated heterocycles. The van der Waals surface area contributed by atoms with Gasteiger partial charge in [0.1, 0.15) is 5.82 Å². The highest BCUT2D eigenvalue weighted by atomic mass is 19.1. The highest BCUT2D eigenvalue weighted by molar-refractivity contribution is 5.89. The number of nitrogens with zero attached hydrogens (tertiary/aromatic N) is 2. The van der Waals surface area contributed by atoms with Crippen LogP contribution in [0.5, 0.6) is 0 Å². The van der Waals surface area contributed by atoms with Crippen molar-refractivity contribution < 1.29 is 23.9 Å². The average molecular weight is 321 g/mol. The maximum absolute atomic E-state index is 13.7. The molecule has 1 aromatic heterocycles. The quantitative estimate of drug-likeness (QED) is 0.794. The fraction of sp³-hybridized carbons (Fsp3) is 0.333. The highest BCUT2D eigenvalue weighted by Crippen LogP contribution is 2.25. The number of β-amino-alcohol motifs (C(OH)–C–C–N with tert-alkyl or cyclic N) is 1. The number of benzene rings is 1. The average Bonchev–Trinajstić information content (AvgIpc) is 3.14. The van der Waals surface area contributed by atoms with E-state index in [-0.39, 0.29) is 30.3 Å². The Balaban J connectivity index is 1.72. The van der Waals surface area contributed by atoms with Crippen molar-refractivity contribution in [2.24, 2.45) is 0 Å². The number of hydrogen-bond donors (Lipinski definition) is 3. The second-order valence-electron chi connectivity index (χ2n) is 5.36. The van der Waals surface area contributed by atoms with E-state index in [9.17, 15) is 19.4 Å². The Morgan fingerprint density at radius 2 is 2.26 bits per heavy atom. The Labute approximate surface area is 131 Å². The predicted octanol–water partition coefficient (Wildman–Crippen LogP) is 1.44. The topological polar surface area (TPSA) is 98.8 Å². The molecular formula is C15H16FN3O4. The van der Waals surface area contributed by atoms with E-state index in [2.05, 4.69) is 10.5 Å². The molecule has 2 aromatic rings. The third-order valence-electron chi connectivity index (χ3n) is 3.75. The minimum Gasteiger partial charge on any atom is -0.394 e. The number of amides is 2. The van der Waals surface area contributed by atoms with Gasteiger partial charge >= 0.3 is 6.03 Å². The molecule has 0 unspecified atom stereocenters. The molecule has 2 amide bonds. The largest absolute Gasteiger partial charge is 0.394 e. The first-order valence-electron chi connectivity index (χ1n) is 7.16. The van der Waals surface area contributed by atoms with Crippen LogP contribution in [-0.2, 0) is 0 Å². The number of rotatable bonds is 3. The summed E-state index contributed by atoms with van der Waals surface area (Å²) in [6.45, 7) is -0.0984. The molecule has 3 N–H and O–H groups in total. The molecule has 1 fully saturated rings. The third-order valence-corrected chi connectivity index (χ3v) is 3.75. The van der Waals surface area contributed by atoms with Gasteiger partial charge in [-0.25, -0.2) is 9.18 Å². The summed E-state index contributed by atoms with van der Waals surface area (Å²) in [5.74, 6) is -0.130. The van der Waals surface area contributed by atoms with Gasteiger partial charge in [-0.05, 0) is 18.6 Å². The van der Waals surface area contributed by atoms with Crippen LogP contribution in [0.15, 0.2) is 34.9 Å². The lowest BCUT2D eigenvalue weighted by molar-refractivity contribution is 0.164. The zero-order valence-electron chi connectivity index (χ0n) is 12.1. The van der Waals surface area contributed by atoms with Crippen LogP contribution in [0.1, 0.15) is 6.42 Å². The van der Waals surface area contributed by atoms with Crippen LogP contribution in [0, 0.1) is 5.82 Å². The molecule has 0 spiro atoms. The Kier molecular flexibility index (Phi) is 4.26. The second kappa shape index (κ2) is 6.35. The molecule has 0 radical (unpaired) electrons. The summed E-state index contributed by atoms with van der Waals surface area (Å²) >= 11 is 0. The Bertz CT molecular complexity index is 706. The normalized spacial score (nSPS) is 20.7. The number of halogens is 1. The van der Waals surface area contributed by atoms with Crippen molar-refractivity contribution in [1.29, 1.82) is 0 Å². The summed E-state index contributed by atoms with van der Waals surface area (Å²) in [5, 5.41) is 25.0. The number of likely N-dealkylation sites (tertiary alicyclic amines) is 1. The van der Waals surface area contributed by atoms with E-state index in [1.807, 2.05) is 0 Å². The van der Waals surface area contributed by atoms with Crippen molar-refractivity contribution in [3.05, 3.63) is 36.1 Å². The fourth-order valence-corrected chi connectivity index (χ4v) is 2.62. The molecule has 8 heteroatoms. The van der Waals surface area contributed by atoms with Crippen LogP contribution in [0.2, 0.25) is 0 Å². The lowest BCUT2D eigenvalue weighted by atomic mass is 10.1. The number of aliphatic hydroxyl groups excluding tert-OH is 2. The number of anilines is 1. The summed E-state index contributed by atoms with van der Waals surface area (Å²) in [6, 6.07) is 6.53. The lowest BCUT2D eigenvalue weighted by Gasteiger charge is -2.22. The SMILES string of the molecule is O=C(Nc1cc(-c2ccccc2F)on1)N1C[C@@H](O)C[C@H]1CO. The third kappa shape index (κ3) is 3.17. The number of carbonyl (C=O) groups is 1. The van der Waals surface area contributed by atoms with Gasteiger partial charge < -0.3 is 19.6 Å². The van der Waals surface area contributed by atoms with Crippen LogP contribution >= 0.6 is 0 Å². The first kappa shape index (κ1) is 15.4. The molecule has 3 rings (SSSR count). The molecule has 0 bridgehead atoms. The van der Waals surface area contributed by atoms with Crippen molar-refractivity contribution in [2.75, 3.05) is 18.5 Å². The van der Waals surface area contributed by atoms with Crippen LogP contribution in [0.25, 0.3) is 11.3 Å². The molecule has 2 heterocycles. The molecule has 7 nitrogen and oxygen atoms in total. The monoisotopic (exact) mass is 321 g/mol. The van der Waals surface area contributed by atoms with Gasteiger partial charge in [-0.2, -0.15) is 0 Å². The van der Waals surface area contributed by atoms with E-state index in [4.69, 9.17) is 4.52 Å². The van der Waals surface area contributed by atoms with Crippen LogP contribution in [-0.4, -0.2) is 51.6 Å². The van der Waals surface area contributed by atoms with E-state index in [1.54, 1.807) is 18.2 Å². The number of aromatic nitrogens is 1. The molecule has 2 atom stereocenters. The first-order valence-corrected chi connectivity index (χ1v) is 7.16. The predicted molar refractivity (Wildman–Crippen MR) is 79.1 cm³/mol. The molecular weight excluding hydrogens is 305 g/mol. The minimum absolute atomic E-state index is 0.131. The van der Waals surface area contributed by atoms with Crippen LogP contribution in [0.4, 0.5) is 15.0 Å². The summed E-state index contributed by atoms with van der Waals surface area (Å²) in [5.41, 5.74) is 0.241. The van der Waals surface area contributed by atoms with E-state index in [0.717, 1.165) is 0 Å². The Hall–Kier alpha value is -2.45. The Morgan fingerprint density at radius 3 is 3.00 bits per heavy atom. The first-order chi connectivity index (χ1) is 11.1. The van der Waals surface area contributed by atoms with Crippen LogP contribution < -0.4 is 5.32 Å². The van der Waals surface area contributed by atoms with Crippen LogP contribution in [0.3, 0.4) is 0 Å². The number of hydrogen-bond acceptors (Lipinski definition) is 5. The standard InChI is InChI=1S/C15H16FN3O4/c16-12-4-2-1-3-11(12)13-6-14(18-23-13)17-15(22)19-7-10(21)5-9(19)8-20/h1-4,6,9-10,20-21H,5,7-8H2,(H,17,18,22)/t9-,10-/m0/s1. The van der Waals surface area contributed by atoms with Crippen molar-refractivity contribution >= 4 is 11.8 Å². The second-order valence-corrected chi connectivity index (χ2v) is 5.36. The number of urea groups is 1. The summed E-state index contributed by atoms with van der Waals surface area (Å²) in [7, 11) is 0. The molecule has 1 aliphatic rings. The van der Waals surface area contributed by atoms with Gasteiger partial charge in [0, 0.05) is 12.6 Å². The maximum Gasteiger partial charge on any atom is 0.323 e. The van der Waals surface area contributed by atoms with E-state index < -0.39 is 24.0 Å². The molecule has 0 aliphatic carbocycles. The van der Waals surface area contributed by atoms with E-state index in [0.29, 0.717) is 6.42 Å². The van der Waals surface area contributed by atoms with Gasteiger partial charge in [-0.3, -0.25) is 5.32 Å². The zero-order valence-corrected chi connectivity index (χ0v) is 12.1. The van der Waals surface area contributed by atoms with Crippen molar-refractivity contribution in [3.8, 4) is 11.3 Å². The summed E-state index contributed by atoms with van der Waals surface area (Å²) < 4.78 is 18.7. The number of carbonyl (C=O) groups excluding carboxylic acids is 1. The molecule has 23 heavy (non-hydrogen) atoms. The number of nitrogens with one attached hydrogen (secondary N) is 1. The summed E-state index contributed by atoms with van der Waals surface area (Å²) in [4.78, 5) is 13.5. The smallest absolute Gasteiger partial charge is 0.323 e. The zero-order chi connectivity index (χ0) is 16.4. The van der Waals surface area contributed by atoms with Gasteiger partial charge in [0.2, 0.25) is 0 Å². The maximum atomic E-state index is 13.7. The lowest BCUT2D eigenvalue weighted by Crippen LogP contribution is -2.40. The molecule has 0 saturated carbocycles. The van der Waals surface area contributed by atoms with Crippen molar-refractivity contribution in [2.45, 2.75) is 18.6 Å². The van der Waals surface area contributed by atoms with Gasteiger partial charge in [0.05, 0.1) is 24.3 Å². The van der Waals surface area contributed by atoms with Crippen molar-refractivity contribution in [1.82, 2.24) is 10.1 Å². The van der Waals surface area contributed by atoms with Gasteiger partial charge in [-0.1, -0.05) is 17.3 Å². The molecule has 1 aliphatic heterocycles. The van der Waals surface area contributed by atoms with Gasteiger partial charge in [-0.15, -0.1) is 0 Å².